The molecule has 2 aromatic carbocycles. The van der Waals surface area contributed by atoms with Crippen LogP contribution in [0.4, 0.5) is 11.4 Å². The summed E-state index contributed by atoms with van der Waals surface area (Å²) in [5, 5.41) is 17.9. The van der Waals surface area contributed by atoms with Gasteiger partial charge < -0.3 is 30.0 Å². The van der Waals surface area contributed by atoms with Crippen LogP contribution in [0.1, 0.15) is 24.8 Å². The Hall–Kier alpha value is -4.06. The molecule has 1 aliphatic heterocycles. The van der Waals surface area contributed by atoms with E-state index in [4.69, 9.17) is 9.47 Å². The standard InChI is InChI=1S/C30H34N6O2/c1-36-15-4-5-23(36)10-12-32-14-16-38-29-17-21(8-9-28(29)37-2)25-20-33-19-22(18-31)30(25)35-27-7-3-6-26-24(27)11-13-34-26/h3,6-9,11,13,17,19-20,23,32,34H,4-5,10,12,14-16H2,1-2H3,(H,33,35). The van der Waals surface area contributed by atoms with Crippen molar-refractivity contribution in [2.45, 2.75) is 25.3 Å². The van der Waals surface area contributed by atoms with E-state index in [1.54, 1.807) is 19.5 Å². The Kier molecular flexibility index (Phi) is 8.07. The molecule has 5 rings (SSSR count). The highest BCUT2D eigenvalue weighted by atomic mass is 16.5. The van der Waals surface area contributed by atoms with Gasteiger partial charge in [0.1, 0.15) is 12.7 Å². The second kappa shape index (κ2) is 12.0. The minimum atomic E-state index is 0.463. The Morgan fingerprint density at radius 1 is 1.16 bits per heavy atom. The summed E-state index contributed by atoms with van der Waals surface area (Å²) in [6.45, 7) is 3.46. The van der Waals surface area contributed by atoms with Crippen LogP contribution in [0.3, 0.4) is 0 Å². The van der Waals surface area contributed by atoms with Crippen LogP contribution in [0.15, 0.2) is 61.1 Å². The van der Waals surface area contributed by atoms with Gasteiger partial charge in [-0.3, -0.25) is 4.98 Å². The number of aromatic nitrogens is 2. The summed E-state index contributed by atoms with van der Waals surface area (Å²) in [5.41, 5.74) is 4.78. The highest BCUT2D eigenvalue weighted by Gasteiger charge is 2.20. The summed E-state index contributed by atoms with van der Waals surface area (Å²) < 4.78 is 11.7. The first-order chi connectivity index (χ1) is 18.7. The summed E-state index contributed by atoms with van der Waals surface area (Å²) in [6, 6.07) is 16.8. The molecular weight excluding hydrogens is 476 g/mol. The first-order valence-corrected chi connectivity index (χ1v) is 13.1. The third-order valence-corrected chi connectivity index (χ3v) is 7.26. The number of nitrogens with one attached hydrogen (secondary N) is 3. The molecule has 0 saturated carbocycles. The van der Waals surface area contributed by atoms with Crippen molar-refractivity contribution in [2.24, 2.45) is 0 Å². The third-order valence-electron chi connectivity index (χ3n) is 7.26. The molecule has 3 heterocycles. The number of pyridine rings is 1. The van der Waals surface area contributed by atoms with Crippen LogP contribution in [0.25, 0.3) is 22.0 Å². The predicted octanol–water partition coefficient (Wildman–Crippen LogP) is 5.31. The number of H-pyrrole nitrogens is 1. The lowest BCUT2D eigenvalue weighted by atomic mass is 10.0. The van der Waals surface area contributed by atoms with E-state index >= 15 is 0 Å². The molecule has 0 amide bonds. The van der Waals surface area contributed by atoms with Gasteiger partial charge in [-0.25, -0.2) is 0 Å². The Labute approximate surface area is 223 Å². The van der Waals surface area contributed by atoms with Gasteiger partial charge in [0.2, 0.25) is 0 Å². The van der Waals surface area contributed by atoms with Gasteiger partial charge in [-0.05, 0) is 75.3 Å². The molecule has 0 spiro atoms. The zero-order valence-electron chi connectivity index (χ0n) is 22.0. The normalized spacial score (nSPS) is 15.4. The molecule has 1 unspecified atom stereocenters. The Balaban J connectivity index is 1.32. The average Bonchev–Trinajstić information content (AvgIpc) is 3.60. The molecule has 1 fully saturated rings. The maximum atomic E-state index is 9.86. The van der Waals surface area contributed by atoms with Crippen LogP contribution in [0.5, 0.6) is 11.5 Å². The van der Waals surface area contributed by atoms with Gasteiger partial charge in [0, 0.05) is 53.3 Å². The number of fused-ring (bicyclic) bond motifs is 1. The van der Waals surface area contributed by atoms with Gasteiger partial charge in [0.25, 0.3) is 0 Å². The smallest absolute Gasteiger partial charge is 0.161 e. The van der Waals surface area contributed by atoms with Gasteiger partial charge >= 0.3 is 0 Å². The van der Waals surface area contributed by atoms with Crippen molar-refractivity contribution in [1.29, 1.82) is 5.26 Å². The van der Waals surface area contributed by atoms with E-state index in [0.717, 1.165) is 47.2 Å². The molecule has 1 saturated heterocycles. The van der Waals surface area contributed by atoms with E-state index in [-0.39, 0.29) is 0 Å². The molecule has 8 nitrogen and oxygen atoms in total. The molecular formula is C30H34N6O2. The van der Waals surface area contributed by atoms with Gasteiger partial charge in [0.05, 0.1) is 18.4 Å². The highest BCUT2D eigenvalue weighted by molar-refractivity contribution is 5.96. The van der Waals surface area contributed by atoms with Gasteiger partial charge in [0.15, 0.2) is 11.5 Å². The van der Waals surface area contributed by atoms with Crippen molar-refractivity contribution in [2.75, 3.05) is 45.7 Å². The monoisotopic (exact) mass is 510 g/mol. The maximum absolute atomic E-state index is 9.86. The molecule has 1 atom stereocenters. The number of hydrogen-bond donors (Lipinski definition) is 3. The van der Waals surface area contributed by atoms with Crippen molar-refractivity contribution >= 4 is 22.3 Å². The fraction of sp³-hybridized carbons (Fsp3) is 0.333. The SMILES string of the molecule is COc1ccc(-c2cncc(C#N)c2Nc2cccc3[nH]ccc23)cc1OCCNCCC1CCCN1C. The number of hydrogen-bond acceptors (Lipinski definition) is 7. The van der Waals surface area contributed by atoms with Crippen LogP contribution in [0, 0.1) is 11.3 Å². The molecule has 8 heteroatoms. The van der Waals surface area contributed by atoms with E-state index in [1.807, 2.05) is 48.7 Å². The molecule has 0 radical (unpaired) electrons. The summed E-state index contributed by atoms with van der Waals surface area (Å²) in [4.78, 5) is 10.0. The number of likely N-dealkylation sites (tertiary alicyclic amines) is 1. The Morgan fingerprint density at radius 3 is 2.89 bits per heavy atom. The van der Waals surface area contributed by atoms with Crippen LogP contribution >= 0.6 is 0 Å². The molecule has 4 aromatic rings. The maximum Gasteiger partial charge on any atom is 0.161 e. The van der Waals surface area contributed by atoms with E-state index in [0.29, 0.717) is 35.4 Å². The minimum absolute atomic E-state index is 0.463. The lowest BCUT2D eigenvalue weighted by molar-refractivity contribution is 0.277. The quantitative estimate of drug-likeness (QED) is 0.235. The van der Waals surface area contributed by atoms with Crippen molar-refractivity contribution in [3.63, 3.8) is 0 Å². The number of benzene rings is 2. The molecule has 196 valence electrons. The summed E-state index contributed by atoms with van der Waals surface area (Å²) in [6.07, 6.45) is 9.00. The van der Waals surface area contributed by atoms with Crippen molar-refractivity contribution in [1.82, 2.24) is 20.2 Å². The van der Waals surface area contributed by atoms with E-state index in [1.165, 1.54) is 19.4 Å². The second-order valence-electron chi connectivity index (χ2n) is 9.62. The second-order valence-corrected chi connectivity index (χ2v) is 9.62. The lowest BCUT2D eigenvalue weighted by Crippen LogP contribution is -2.30. The zero-order valence-corrected chi connectivity index (χ0v) is 22.0. The molecule has 38 heavy (non-hydrogen) atoms. The molecule has 1 aliphatic rings. The average molecular weight is 511 g/mol. The van der Waals surface area contributed by atoms with Crippen molar-refractivity contribution in [3.8, 4) is 28.7 Å². The van der Waals surface area contributed by atoms with E-state index < -0.39 is 0 Å². The van der Waals surface area contributed by atoms with Gasteiger partial charge in [-0.1, -0.05) is 12.1 Å². The van der Waals surface area contributed by atoms with Crippen LogP contribution in [0.2, 0.25) is 0 Å². The largest absolute Gasteiger partial charge is 0.493 e. The number of ether oxygens (including phenoxy) is 2. The van der Waals surface area contributed by atoms with Crippen LogP contribution < -0.4 is 20.1 Å². The number of rotatable bonds is 11. The Morgan fingerprint density at radius 2 is 2.08 bits per heavy atom. The number of anilines is 2. The van der Waals surface area contributed by atoms with Gasteiger partial charge in [-0.2, -0.15) is 5.26 Å². The molecule has 0 bridgehead atoms. The summed E-state index contributed by atoms with van der Waals surface area (Å²) in [5.74, 6) is 1.32. The number of aromatic amines is 1. The first kappa shape index (κ1) is 25.6. The van der Waals surface area contributed by atoms with Gasteiger partial charge in [-0.15, -0.1) is 0 Å². The minimum Gasteiger partial charge on any atom is -0.493 e. The van der Waals surface area contributed by atoms with E-state index in [2.05, 4.69) is 38.6 Å². The highest BCUT2D eigenvalue weighted by Crippen LogP contribution is 2.38. The number of methoxy groups -OCH3 is 1. The number of nitriles is 1. The van der Waals surface area contributed by atoms with Crippen LogP contribution in [-0.2, 0) is 0 Å². The molecule has 3 N–H and O–H groups in total. The van der Waals surface area contributed by atoms with E-state index in [9.17, 15) is 5.26 Å². The predicted molar refractivity (Wildman–Crippen MR) is 151 cm³/mol. The fourth-order valence-electron chi connectivity index (χ4n) is 5.16. The molecule has 0 aliphatic carbocycles. The zero-order chi connectivity index (χ0) is 26.3. The fourth-order valence-corrected chi connectivity index (χ4v) is 5.16. The first-order valence-electron chi connectivity index (χ1n) is 13.1. The van der Waals surface area contributed by atoms with Crippen molar-refractivity contribution < 1.29 is 9.47 Å². The van der Waals surface area contributed by atoms with Crippen LogP contribution in [-0.4, -0.2) is 61.3 Å². The third kappa shape index (κ3) is 5.59. The van der Waals surface area contributed by atoms with Crippen molar-refractivity contribution in [3.05, 3.63) is 66.6 Å². The molecule has 2 aromatic heterocycles. The summed E-state index contributed by atoms with van der Waals surface area (Å²) >= 11 is 0. The Bertz CT molecular complexity index is 1430. The lowest BCUT2D eigenvalue weighted by Gasteiger charge is -2.19. The number of nitrogens with zero attached hydrogens (tertiary/aromatic N) is 3. The topological polar surface area (TPSA) is 98.2 Å². The summed E-state index contributed by atoms with van der Waals surface area (Å²) in [7, 11) is 3.85.